The summed E-state index contributed by atoms with van der Waals surface area (Å²) in [5.74, 6) is 1.36. The number of benzene rings is 2. The van der Waals surface area contributed by atoms with Gasteiger partial charge < -0.3 is 4.74 Å². The SMILES string of the molecule is O=C/C=C/c1ccc(Oc2ccc(/C(C=O)=C\c3cccnc3)cc2)cc1. The summed E-state index contributed by atoms with van der Waals surface area (Å²) >= 11 is 0. The van der Waals surface area contributed by atoms with Crippen LogP contribution in [0.25, 0.3) is 17.7 Å². The smallest absolute Gasteiger partial charge is 0.150 e. The zero-order valence-electron chi connectivity index (χ0n) is 14.5. The van der Waals surface area contributed by atoms with Gasteiger partial charge in [-0.2, -0.15) is 0 Å². The third-order valence-corrected chi connectivity index (χ3v) is 3.80. The second kappa shape index (κ2) is 9.06. The van der Waals surface area contributed by atoms with E-state index in [0.29, 0.717) is 17.1 Å². The number of hydrogen-bond donors (Lipinski definition) is 0. The summed E-state index contributed by atoms with van der Waals surface area (Å²) in [6.07, 6.45) is 9.92. The van der Waals surface area contributed by atoms with Crippen LogP contribution in [0.2, 0.25) is 0 Å². The summed E-state index contributed by atoms with van der Waals surface area (Å²) in [7, 11) is 0. The lowest BCUT2D eigenvalue weighted by molar-refractivity contribution is -0.104. The molecule has 4 nitrogen and oxygen atoms in total. The fraction of sp³-hybridized carbons (Fsp3) is 0. The molecule has 1 heterocycles. The molecule has 0 aliphatic carbocycles. The Morgan fingerprint density at radius 3 is 2.15 bits per heavy atom. The van der Waals surface area contributed by atoms with Crippen molar-refractivity contribution in [2.75, 3.05) is 0 Å². The molecule has 0 bridgehead atoms. The number of carbonyl (C=O) groups excluding carboxylic acids is 2. The van der Waals surface area contributed by atoms with Gasteiger partial charge in [-0.05, 0) is 59.2 Å². The van der Waals surface area contributed by atoms with Gasteiger partial charge in [0.25, 0.3) is 0 Å². The Morgan fingerprint density at radius 1 is 0.852 bits per heavy atom. The molecule has 0 saturated heterocycles. The molecule has 0 fully saturated rings. The third kappa shape index (κ3) is 5.09. The van der Waals surface area contributed by atoms with Crippen LogP contribution in [0.4, 0.5) is 0 Å². The molecule has 2 aromatic carbocycles. The molecular weight excluding hydrogens is 338 g/mol. The number of pyridine rings is 1. The lowest BCUT2D eigenvalue weighted by atomic mass is 10.0. The van der Waals surface area contributed by atoms with E-state index in [4.69, 9.17) is 4.74 Å². The fourth-order valence-electron chi connectivity index (χ4n) is 2.48. The number of carbonyl (C=O) groups is 2. The molecule has 0 unspecified atom stereocenters. The third-order valence-electron chi connectivity index (χ3n) is 3.80. The minimum atomic E-state index is 0.570. The Bertz CT molecular complexity index is 957. The first kappa shape index (κ1) is 18.0. The summed E-state index contributed by atoms with van der Waals surface area (Å²) < 4.78 is 5.81. The van der Waals surface area contributed by atoms with Crippen molar-refractivity contribution in [2.24, 2.45) is 0 Å². The van der Waals surface area contributed by atoms with Crippen molar-refractivity contribution < 1.29 is 14.3 Å². The van der Waals surface area contributed by atoms with Gasteiger partial charge in [0.2, 0.25) is 0 Å². The Hall–Kier alpha value is -3.79. The molecule has 0 N–H and O–H groups in total. The number of ether oxygens (including phenoxy) is 1. The molecule has 0 amide bonds. The molecule has 3 rings (SSSR count). The van der Waals surface area contributed by atoms with E-state index in [-0.39, 0.29) is 0 Å². The summed E-state index contributed by atoms with van der Waals surface area (Å²) in [5.41, 5.74) is 3.15. The highest BCUT2D eigenvalue weighted by Crippen LogP contribution is 2.24. The van der Waals surface area contributed by atoms with Crippen LogP contribution < -0.4 is 4.74 Å². The normalized spacial score (nSPS) is 11.3. The zero-order chi connectivity index (χ0) is 18.9. The highest BCUT2D eigenvalue weighted by molar-refractivity contribution is 6.13. The van der Waals surface area contributed by atoms with E-state index in [9.17, 15) is 9.59 Å². The summed E-state index contributed by atoms with van der Waals surface area (Å²) in [6, 6.07) is 18.4. The average Bonchev–Trinajstić information content (AvgIpc) is 2.73. The lowest BCUT2D eigenvalue weighted by Crippen LogP contribution is -1.88. The molecule has 0 aliphatic heterocycles. The van der Waals surface area contributed by atoms with Crippen molar-refractivity contribution in [2.45, 2.75) is 0 Å². The van der Waals surface area contributed by atoms with Crippen LogP contribution in [0, 0.1) is 0 Å². The van der Waals surface area contributed by atoms with Gasteiger partial charge in [-0.3, -0.25) is 14.6 Å². The van der Waals surface area contributed by atoms with E-state index >= 15 is 0 Å². The highest BCUT2D eigenvalue weighted by atomic mass is 16.5. The second-order valence-corrected chi connectivity index (χ2v) is 5.69. The quantitative estimate of drug-likeness (QED) is 0.450. The Balaban J connectivity index is 1.73. The summed E-state index contributed by atoms with van der Waals surface area (Å²) in [6.45, 7) is 0. The summed E-state index contributed by atoms with van der Waals surface area (Å²) in [5, 5.41) is 0. The van der Waals surface area contributed by atoms with Crippen molar-refractivity contribution in [3.63, 3.8) is 0 Å². The number of rotatable bonds is 7. The van der Waals surface area contributed by atoms with Gasteiger partial charge in [-0.15, -0.1) is 0 Å². The second-order valence-electron chi connectivity index (χ2n) is 5.69. The van der Waals surface area contributed by atoms with E-state index in [2.05, 4.69) is 4.98 Å². The van der Waals surface area contributed by atoms with Crippen molar-refractivity contribution in [1.29, 1.82) is 0 Å². The minimum Gasteiger partial charge on any atom is -0.457 e. The van der Waals surface area contributed by atoms with Gasteiger partial charge in [0.05, 0.1) is 0 Å². The monoisotopic (exact) mass is 355 g/mol. The maximum atomic E-state index is 11.4. The van der Waals surface area contributed by atoms with Gasteiger partial charge in [0.15, 0.2) is 6.29 Å². The number of aldehydes is 2. The van der Waals surface area contributed by atoms with E-state index in [1.165, 1.54) is 6.08 Å². The van der Waals surface area contributed by atoms with Crippen LogP contribution in [-0.2, 0) is 9.59 Å². The molecule has 1 aromatic heterocycles. The van der Waals surface area contributed by atoms with Crippen LogP contribution in [0.15, 0.2) is 79.1 Å². The number of allylic oxidation sites excluding steroid dienone is 2. The zero-order valence-corrected chi connectivity index (χ0v) is 14.5. The van der Waals surface area contributed by atoms with E-state index in [1.54, 1.807) is 24.5 Å². The average molecular weight is 355 g/mol. The maximum Gasteiger partial charge on any atom is 0.150 e. The summed E-state index contributed by atoms with van der Waals surface area (Å²) in [4.78, 5) is 25.8. The molecule has 0 radical (unpaired) electrons. The largest absolute Gasteiger partial charge is 0.457 e. The first-order chi connectivity index (χ1) is 13.3. The predicted molar refractivity (Wildman–Crippen MR) is 106 cm³/mol. The number of nitrogens with zero attached hydrogens (tertiary/aromatic N) is 1. The molecule has 0 atom stereocenters. The van der Waals surface area contributed by atoms with E-state index in [1.807, 2.05) is 60.7 Å². The van der Waals surface area contributed by atoms with Crippen molar-refractivity contribution in [3.8, 4) is 11.5 Å². The molecule has 132 valence electrons. The molecular formula is C23H17NO3. The molecule has 0 spiro atoms. The van der Waals surface area contributed by atoms with Crippen LogP contribution >= 0.6 is 0 Å². The fourth-order valence-corrected chi connectivity index (χ4v) is 2.48. The van der Waals surface area contributed by atoms with Gasteiger partial charge in [-0.1, -0.05) is 36.4 Å². The van der Waals surface area contributed by atoms with Gasteiger partial charge in [0, 0.05) is 18.0 Å². The highest BCUT2D eigenvalue weighted by Gasteiger charge is 2.03. The van der Waals surface area contributed by atoms with Crippen LogP contribution in [0.3, 0.4) is 0 Å². The van der Waals surface area contributed by atoms with E-state index < -0.39 is 0 Å². The van der Waals surface area contributed by atoms with E-state index in [0.717, 1.165) is 29.3 Å². The van der Waals surface area contributed by atoms with Crippen molar-refractivity contribution in [1.82, 2.24) is 4.98 Å². The lowest BCUT2D eigenvalue weighted by Gasteiger charge is -2.07. The van der Waals surface area contributed by atoms with Crippen molar-refractivity contribution in [3.05, 3.63) is 95.8 Å². The molecule has 3 aromatic rings. The van der Waals surface area contributed by atoms with Crippen LogP contribution in [0.5, 0.6) is 11.5 Å². The Morgan fingerprint density at radius 2 is 1.56 bits per heavy atom. The molecule has 0 saturated carbocycles. The molecule has 4 heteroatoms. The number of aromatic nitrogens is 1. The Kier molecular flexibility index (Phi) is 6.04. The van der Waals surface area contributed by atoms with Gasteiger partial charge in [0.1, 0.15) is 17.8 Å². The molecule has 27 heavy (non-hydrogen) atoms. The first-order valence-electron chi connectivity index (χ1n) is 8.35. The topological polar surface area (TPSA) is 56.3 Å². The minimum absolute atomic E-state index is 0.570. The van der Waals surface area contributed by atoms with Gasteiger partial charge >= 0.3 is 0 Å². The molecule has 0 aliphatic rings. The van der Waals surface area contributed by atoms with Crippen LogP contribution in [0.1, 0.15) is 16.7 Å². The maximum absolute atomic E-state index is 11.4. The number of hydrogen-bond acceptors (Lipinski definition) is 4. The van der Waals surface area contributed by atoms with Gasteiger partial charge in [-0.25, -0.2) is 0 Å². The van der Waals surface area contributed by atoms with Crippen LogP contribution in [-0.4, -0.2) is 17.6 Å². The predicted octanol–water partition coefficient (Wildman–Crippen LogP) is 4.83. The van der Waals surface area contributed by atoms with Crippen molar-refractivity contribution >= 4 is 30.3 Å². The standard InChI is InChI=1S/C23H17NO3/c25-14-2-4-18-5-9-22(10-6-18)27-23-11-7-20(8-12-23)21(17-26)15-19-3-1-13-24-16-19/h1-17H/b4-2+,21-15-. The first-order valence-corrected chi connectivity index (χ1v) is 8.35. The Labute approximate surface area is 157 Å².